The van der Waals surface area contributed by atoms with Gasteiger partial charge in [0.15, 0.2) is 0 Å². The average Bonchev–Trinajstić information content (AvgIpc) is 2.44. The van der Waals surface area contributed by atoms with Crippen LogP contribution < -0.4 is 5.32 Å². The van der Waals surface area contributed by atoms with E-state index in [2.05, 4.69) is 11.9 Å². The third-order valence-corrected chi connectivity index (χ3v) is 2.17. The van der Waals surface area contributed by atoms with Gasteiger partial charge in [0, 0.05) is 0 Å². The maximum absolute atomic E-state index is 11.3. The molecule has 1 rings (SSSR count). The zero-order valence-corrected chi connectivity index (χ0v) is 10.6. The van der Waals surface area contributed by atoms with Gasteiger partial charge >= 0.3 is 12.1 Å². The maximum atomic E-state index is 11.3. The zero-order chi connectivity index (χ0) is 13.9. The molecule has 5 nitrogen and oxygen atoms in total. The molecule has 0 atom stereocenters. The van der Waals surface area contributed by atoms with Crippen molar-refractivity contribution >= 4 is 12.1 Å². The Kier molecular flexibility index (Phi) is 6.79. The van der Waals surface area contributed by atoms with Crippen molar-refractivity contribution in [2.24, 2.45) is 0 Å². The van der Waals surface area contributed by atoms with E-state index in [4.69, 9.17) is 9.47 Å². The average molecular weight is 263 g/mol. The molecule has 0 saturated heterocycles. The van der Waals surface area contributed by atoms with Gasteiger partial charge in [-0.05, 0) is 12.0 Å². The van der Waals surface area contributed by atoms with Gasteiger partial charge in [-0.3, -0.25) is 4.79 Å². The molecular formula is C14H17NO4. The second-order valence-electron chi connectivity index (χ2n) is 3.71. The summed E-state index contributed by atoms with van der Waals surface area (Å²) < 4.78 is 9.75. The Bertz CT molecular complexity index is 417. The van der Waals surface area contributed by atoms with Gasteiger partial charge in [0.25, 0.3) is 0 Å². The Morgan fingerprint density at radius 3 is 2.63 bits per heavy atom. The molecular weight excluding hydrogens is 246 g/mol. The highest BCUT2D eigenvalue weighted by Crippen LogP contribution is 2.00. The number of esters is 1. The molecule has 0 spiro atoms. The third kappa shape index (κ3) is 6.88. The summed E-state index contributed by atoms with van der Waals surface area (Å²) in [6, 6.07) is 9.28. The molecule has 0 heterocycles. The molecule has 0 saturated carbocycles. The van der Waals surface area contributed by atoms with Crippen LogP contribution in [0.5, 0.6) is 0 Å². The zero-order valence-electron chi connectivity index (χ0n) is 10.6. The molecule has 0 aliphatic carbocycles. The van der Waals surface area contributed by atoms with Crippen LogP contribution in [0.15, 0.2) is 43.0 Å². The SMILES string of the molecule is C=CCCOC(=O)CNC(=O)OCc1ccccc1. The summed E-state index contributed by atoms with van der Waals surface area (Å²) in [5.41, 5.74) is 0.881. The van der Waals surface area contributed by atoms with E-state index in [0.29, 0.717) is 6.42 Å². The van der Waals surface area contributed by atoms with Crippen LogP contribution in [-0.2, 0) is 20.9 Å². The Labute approximate surface area is 112 Å². The van der Waals surface area contributed by atoms with Crippen molar-refractivity contribution in [1.82, 2.24) is 5.32 Å². The van der Waals surface area contributed by atoms with E-state index in [1.807, 2.05) is 30.3 Å². The fraction of sp³-hybridized carbons (Fsp3) is 0.286. The van der Waals surface area contributed by atoms with Crippen LogP contribution in [0, 0.1) is 0 Å². The number of nitrogens with one attached hydrogen (secondary N) is 1. The highest BCUT2D eigenvalue weighted by atomic mass is 16.6. The maximum Gasteiger partial charge on any atom is 0.407 e. The lowest BCUT2D eigenvalue weighted by Gasteiger charge is -2.07. The van der Waals surface area contributed by atoms with Gasteiger partial charge in [0.05, 0.1) is 6.61 Å². The van der Waals surface area contributed by atoms with Crippen molar-refractivity contribution in [1.29, 1.82) is 0 Å². The Morgan fingerprint density at radius 2 is 1.95 bits per heavy atom. The van der Waals surface area contributed by atoms with Crippen LogP contribution in [0.25, 0.3) is 0 Å². The highest BCUT2D eigenvalue weighted by molar-refractivity contribution is 5.77. The number of rotatable bonds is 7. The number of amides is 1. The van der Waals surface area contributed by atoms with Crippen molar-refractivity contribution in [2.75, 3.05) is 13.2 Å². The number of benzene rings is 1. The molecule has 0 aromatic heterocycles. The van der Waals surface area contributed by atoms with Gasteiger partial charge in [-0.2, -0.15) is 0 Å². The molecule has 0 radical (unpaired) electrons. The molecule has 0 unspecified atom stereocenters. The molecule has 1 N–H and O–H groups in total. The van der Waals surface area contributed by atoms with E-state index in [1.54, 1.807) is 6.08 Å². The predicted octanol–water partition coefficient (Wildman–Crippen LogP) is 2.03. The van der Waals surface area contributed by atoms with Crippen LogP contribution in [0.1, 0.15) is 12.0 Å². The standard InChI is InChI=1S/C14H17NO4/c1-2-3-9-18-13(16)10-15-14(17)19-11-12-7-5-4-6-8-12/h2,4-8H,1,3,9-11H2,(H,15,17). The van der Waals surface area contributed by atoms with Gasteiger partial charge < -0.3 is 14.8 Å². The van der Waals surface area contributed by atoms with Crippen molar-refractivity contribution in [3.05, 3.63) is 48.6 Å². The molecule has 0 aliphatic heterocycles. The minimum atomic E-state index is -0.649. The van der Waals surface area contributed by atoms with Crippen LogP contribution >= 0.6 is 0 Å². The molecule has 0 fully saturated rings. The monoisotopic (exact) mass is 263 g/mol. The smallest absolute Gasteiger partial charge is 0.407 e. The van der Waals surface area contributed by atoms with Crippen molar-refractivity contribution in [2.45, 2.75) is 13.0 Å². The van der Waals surface area contributed by atoms with Crippen LogP contribution in [-0.4, -0.2) is 25.2 Å². The van der Waals surface area contributed by atoms with E-state index in [0.717, 1.165) is 5.56 Å². The van der Waals surface area contributed by atoms with Gasteiger partial charge in [-0.1, -0.05) is 36.4 Å². The molecule has 1 amide bonds. The normalized spacial score (nSPS) is 9.47. The van der Waals surface area contributed by atoms with Crippen LogP contribution in [0.3, 0.4) is 0 Å². The fourth-order valence-electron chi connectivity index (χ4n) is 1.23. The van der Waals surface area contributed by atoms with Crippen molar-refractivity contribution in [3.8, 4) is 0 Å². The summed E-state index contributed by atoms with van der Waals surface area (Å²) in [5, 5.41) is 2.32. The summed E-state index contributed by atoms with van der Waals surface area (Å²) in [6.07, 6.45) is 1.59. The number of carbonyl (C=O) groups is 2. The number of hydrogen-bond acceptors (Lipinski definition) is 4. The topological polar surface area (TPSA) is 64.6 Å². The lowest BCUT2D eigenvalue weighted by molar-refractivity contribution is -0.142. The predicted molar refractivity (Wildman–Crippen MR) is 70.4 cm³/mol. The quantitative estimate of drug-likeness (QED) is 0.464. The second-order valence-corrected chi connectivity index (χ2v) is 3.71. The highest BCUT2D eigenvalue weighted by Gasteiger charge is 2.07. The van der Waals surface area contributed by atoms with E-state index >= 15 is 0 Å². The largest absolute Gasteiger partial charge is 0.464 e. The molecule has 0 aliphatic rings. The molecule has 102 valence electrons. The van der Waals surface area contributed by atoms with Crippen molar-refractivity contribution in [3.63, 3.8) is 0 Å². The number of alkyl carbamates (subject to hydrolysis) is 1. The van der Waals surface area contributed by atoms with Crippen LogP contribution in [0.4, 0.5) is 4.79 Å². The molecule has 5 heteroatoms. The van der Waals surface area contributed by atoms with E-state index < -0.39 is 12.1 Å². The van der Waals surface area contributed by atoms with Gasteiger partial charge in [-0.25, -0.2) is 4.79 Å². The molecule has 19 heavy (non-hydrogen) atoms. The molecule has 1 aromatic carbocycles. The minimum Gasteiger partial charge on any atom is -0.464 e. The minimum absolute atomic E-state index is 0.165. The summed E-state index contributed by atoms with van der Waals surface area (Å²) in [7, 11) is 0. The van der Waals surface area contributed by atoms with E-state index in [1.165, 1.54) is 0 Å². The summed E-state index contributed by atoms with van der Waals surface area (Å²) in [6.45, 7) is 3.73. The van der Waals surface area contributed by atoms with Gasteiger partial charge in [0.1, 0.15) is 13.2 Å². The number of hydrogen-bond donors (Lipinski definition) is 1. The van der Waals surface area contributed by atoms with E-state index in [9.17, 15) is 9.59 Å². The Hall–Kier alpha value is -2.30. The first kappa shape index (κ1) is 14.8. The first-order valence-corrected chi connectivity index (χ1v) is 5.93. The van der Waals surface area contributed by atoms with Crippen molar-refractivity contribution < 1.29 is 19.1 Å². The third-order valence-electron chi connectivity index (χ3n) is 2.17. The number of carbonyl (C=O) groups excluding carboxylic acids is 2. The molecule has 1 aromatic rings. The van der Waals surface area contributed by atoms with E-state index in [-0.39, 0.29) is 19.8 Å². The first-order chi connectivity index (χ1) is 9.22. The summed E-state index contributed by atoms with van der Waals surface area (Å²) >= 11 is 0. The fourth-order valence-corrected chi connectivity index (χ4v) is 1.23. The van der Waals surface area contributed by atoms with Gasteiger partial charge in [-0.15, -0.1) is 6.58 Å². The second kappa shape index (κ2) is 8.74. The number of ether oxygens (including phenoxy) is 2. The first-order valence-electron chi connectivity index (χ1n) is 5.93. The van der Waals surface area contributed by atoms with Gasteiger partial charge in [0.2, 0.25) is 0 Å². The Morgan fingerprint density at radius 1 is 1.21 bits per heavy atom. The molecule has 0 bridgehead atoms. The summed E-state index contributed by atoms with van der Waals surface area (Å²) in [5.74, 6) is -0.501. The lowest BCUT2D eigenvalue weighted by Crippen LogP contribution is -2.31. The Balaban J connectivity index is 2.14. The van der Waals surface area contributed by atoms with Crippen LogP contribution in [0.2, 0.25) is 0 Å². The summed E-state index contributed by atoms with van der Waals surface area (Å²) in [4.78, 5) is 22.5. The lowest BCUT2D eigenvalue weighted by atomic mass is 10.2.